The molecule has 8 aromatic rings. The molecule has 59 heavy (non-hydrogen) atoms. The van der Waals surface area contributed by atoms with Gasteiger partial charge in [-0.05, 0) is 72.5 Å². The number of carboxylic acids is 2. The summed E-state index contributed by atoms with van der Waals surface area (Å²) in [4.78, 5) is 42.8. The first-order valence-electron chi connectivity index (χ1n) is 17.4. The van der Waals surface area contributed by atoms with Crippen LogP contribution in [0, 0.1) is 11.6 Å². The van der Waals surface area contributed by atoms with Crippen LogP contribution in [0.15, 0.2) is 141 Å². The number of aromatic nitrogens is 8. The van der Waals surface area contributed by atoms with Crippen LogP contribution in [-0.2, 0) is 55.9 Å². The maximum absolute atomic E-state index is 13.0. The summed E-state index contributed by atoms with van der Waals surface area (Å²) in [7, 11) is 0. The Hall–Kier alpha value is -6.27. The molecule has 0 aliphatic heterocycles. The fourth-order valence-electron chi connectivity index (χ4n) is 5.14. The minimum atomic E-state index is -0.833. The molecule has 0 amide bonds. The van der Waals surface area contributed by atoms with E-state index in [1.165, 1.54) is 24.3 Å². The van der Waals surface area contributed by atoms with E-state index < -0.39 is 11.9 Å². The molecule has 0 aliphatic carbocycles. The number of aliphatic carboxylic acids is 2. The SMILES string of the molecule is C.CC(=O)O.CC(=O)O.Clc1ccnc2cnccc12.Fc1ccc(CCn2ccnc2)cc1.Fc1ccc(CCn2cncc2-c2ccnc3cnccc23)cc1.[Pd]. The Morgan fingerprint density at radius 3 is 1.66 bits per heavy atom. The van der Waals surface area contributed by atoms with Gasteiger partial charge in [-0.25, -0.2) is 18.7 Å². The van der Waals surface area contributed by atoms with Crippen molar-refractivity contribution in [3.05, 3.63) is 169 Å². The molecule has 16 heteroatoms. The van der Waals surface area contributed by atoms with Gasteiger partial charge < -0.3 is 19.3 Å². The van der Waals surface area contributed by atoms with E-state index in [4.69, 9.17) is 31.4 Å². The van der Waals surface area contributed by atoms with E-state index >= 15 is 0 Å². The van der Waals surface area contributed by atoms with E-state index in [-0.39, 0.29) is 39.5 Å². The molecule has 12 nitrogen and oxygen atoms in total. The Kier molecular flexibility index (Phi) is 21.4. The summed E-state index contributed by atoms with van der Waals surface area (Å²) in [6, 6.07) is 20.8. The zero-order valence-electron chi connectivity index (χ0n) is 31.3. The number of nitrogens with zero attached hydrogens (tertiary/aromatic N) is 8. The van der Waals surface area contributed by atoms with Crippen LogP contribution < -0.4 is 0 Å². The van der Waals surface area contributed by atoms with Gasteiger partial charge in [-0.1, -0.05) is 43.3 Å². The molecule has 0 bridgehead atoms. The molecule has 0 saturated carbocycles. The fourth-order valence-corrected chi connectivity index (χ4v) is 5.35. The Morgan fingerprint density at radius 2 is 1.14 bits per heavy atom. The number of benzene rings is 2. The first-order chi connectivity index (χ1) is 27.5. The van der Waals surface area contributed by atoms with Crippen LogP contribution in [0.25, 0.3) is 33.1 Å². The van der Waals surface area contributed by atoms with Gasteiger partial charge in [0.15, 0.2) is 0 Å². The van der Waals surface area contributed by atoms with Gasteiger partial charge in [0.2, 0.25) is 0 Å². The molecular formula is C43H43ClF2N8O4Pd. The van der Waals surface area contributed by atoms with Crippen molar-refractivity contribution in [2.45, 2.75) is 47.2 Å². The van der Waals surface area contributed by atoms with Gasteiger partial charge in [-0.2, -0.15) is 0 Å². The number of rotatable bonds is 7. The molecule has 0 spiro atoms. The van der Waals surface area contributed by atoms with Gasteiger partial charge in [0.25, 0.3) is 11.9 Å². The first-order valence-corrected chi connectivity index (χ1v) is 17.7. The number of aryl methyl sites for hydroxylation is 4. The van der Waals surface area contributed by atoms with Crippen LogP contribution in [0.4, 0.5) is 8.78 Å². The third-order valence-corrected chi connectivity index (χ3v) is 8.04. The number of pyridine rings is 4. The number of hydrogen-bond acceptors (Lipinski definition) is 8. The minimum absolute atomic E-state index is 0. The minimum Gasteiger partial charge on any atom is -0.481 e. The summed E-state index contributed by atoms with van der Waals surface area (Å²) in [6.45, 7) is 3.82. The van der Waals surface area contributed by atoms with E-state index in [1.807, 2.05) is 65.8 Å². The van der Waals surface area contributed by atoms with Gasteiger partial charge in [-0.3, -0.25) is 29.5 Å². The number of carboxylic acid groups (broad SMARTS) is 2. The summed E-state index contributed by atoms with van der Waals surface area (Å²) in [5, 5.41) is 17.6. The van der Waals surface area contributed by atoms with Gasteiger partial charge in [-0.15, -0.1) is 0 Å². The number of imidazole rings is 2. The van der Waals surface area contributed by atoms with Gasteiger partial charge in [0, 0.05) is 101 Å². The Morgan fingerprint density at radius 1 is 0.627 bits per heavy atom. The van der Waals surface area contributed by atoms with Crippen molar-refractivity contribution in [2.24, 2.45) is 0 Å². The predicted molar refractivity (Wildman–Crippen MR) is 221 cm³/mol. The second kappa shape index (κ2) is 25.9. The number of hydrogen-bond donors (Lipinski definition) is 2. The maximum Gasteiger partial charge on any atom is 0.300 e. The van der Waals surface area contributed by atoms with E-state index in [0.29, 0.717) is 0 Å². The molecule has 0 unspecified atom stereocenters. The third kappa shape index (κ3) is 17.0. The quantitative estimate of drug-likeness (QED) is 0.148. The molecule has 6 aromatic heterocycles. The molecule has 0 atom stereocenters. The van der Waals surface area contributed by atoms with E-state index in [1.54, 1.807) is 55.8 Å². The number of fused-ring (bicyclic) bond motifs is 2. The van der Waals surface area contributed by atoms with Crippen molar-refractivity contribution in [3.8, 4) is 11.3 Å². The molecule has 2 aromatic carbocycles. The van der Waals surface area contributed by atoms with Crippen molar-refractivity contribution >= 4 is 45.3 Å². The van der Waals surface area contributed by atoms with Crippen molar-refractivity contribution < 1.29 is 49.0 Å². The fraction of sp³-hybridized carbons (Fsp3) is 0.163. The van der Waals surface area contributed by atoms with Crippen LogP contribution in [0.2, 0.25) is 5.02 Å². The summed E-state index contributed by atoms with van der Waals surface area (Å²) in [5.74, 6) is -2.06. The molecule has 8 rings (SSSR count). The average Bonchev–Trinajstić information content (AvgIpc) is 3.91. The maximum atomic E-state index is 13.0. The molecule has 0 fully saturated rings. The summed E-state index contributed by atoms with van der Waals surface area (Å²) >= 11 is 5.89. The van der Waals surface area contributed by atoms with E-state index in [2.05, 4.69) is 34.5 Å². The van der Waals surface area contributed by atoms with Crippen LogP contribution >= 0.6 is 11.6 Å². The summed E-state index contributed by atoms with van der Waals surface area (Å²) in [5.41, 5.74) is 6.05. The standard InChI is InChI=1S/C19H15FN4.C11H11FN2.C8H5ClN2.2C2H4O2.CH4.Pd/c20-15-3-1-14(2-4-15)7-10-24-13-22-12-19(24)17-6-9-23-18-11-21-8-5-16(17)18;12-11-3-1-10(2-4-11)5-7-14-8-6-13-9-14;9-7-2-4-11-8-5-10-3-1-6(7)8;2*1-2(3)4;;/h1-6,8-9,11-13H,7,10H2;1-4,6,8-9H,5,7H2;1-5H;2*1H3,(H,3,4);1H4;. The van der Waals surface area contributed by atoms with Crippen molar-refractivity contribution in [2.75, 3.05) is 0 Å². The van der Waals surface area contributed by atoms with Gasteiger partial charge in [0.05, 0.1) is 53.0 Å². The average molecular weight is 916 g/mol. The molecule has 0 saturated heterocycles. The Balaban J connectivity index is 0.000000293. The van der Waals surface area contributed by atoms with Crippen LogP contribution in [0.3, 0.4) is 0 Å². The first kappa shape index (κ1) is 48.9. The molecule has 2 N–H and O–H groups in total. The Bertz CT molecular complexity index is 2420. The molecule has 0 radical (unpaired) electrons. The number of carbonyl (C=O) groups is 2. The predicted octanol–water partition coefficient (Wildman–Crippen LogP) is 9.24. The van der Waals surface area contributed by atoms with Crippen LogP contribution in [0.1, 0.15) is 32.4 Å². The zero-order chi connectivity index (χ0) is 41.0. The van der Waals surface area contributed by atoms with E-state index in [0.717, 1.165) is 89.0 Å². The van der Waals surface area contributed by atoms with Crippen molar-refractivity contribution in [1.29, 1.82) is 0 Å². The van der Waals surface area contributed by atoms with Gasteiger partial charge in [0.1, 0.15) is 11.6 Å². The largest absolute Gasteiger partial charge is 0.481 e. The summed E-state index contributed by atoms with van der Waals surface area (Å²) in [6.07, 6.45) is 21.2. The molecular weight excluding hydrogens is 872 g/mol. The zero-order valence-corrected chi connectivity index (χ0v) is 33.7. The van der Waals surface area contributed by atoms with Crippen molar-refractivity contribution in [3.63, 3.8) is 0 Å². The molecule has 310 valence electrons. The van der Waals surface area contributed by atoms with Crippen LogP contribution in [0.5, 0.6) is 0 Å². The topological polar surface area (TPSA) is 162 Å². The summed E-state index contributed by atoms with van der Waals surface area (Å²) < 4.78 is 29.7. The third-order valence-electron chi connectivity index (χ3n) is 7.71. The Labute approximate surface area is 359 Å². The molecule has 0 aliphatic rings. The monoisotopic (exact) mass is 914 g/mol. The second-order valence-corrected chi connectivity index (χ2v) is 12.4. The number of halogens is 3. The van der Waals surface area contributed by atoms with Crippen molar-refractivity contribution in [1.82, 2.24) is 39.0 Å². The van der Waals surface area contributed by atoms with Crippen LogP contribution in [-0.4, -0.2) is 61.2 Å². The smallest absolute Gasteiger partial charge is 0.300 e. The van der Waals surface area contributed by atoms with E-state index in [9.17, 15) is 8.78 Å². The second-order valence-electron chi connectivity index (χ2n) is 12.0. The van der Waals surface area contributed by atoms with Gasteiger partial charge >= 0.3 is 0 Å². The molecule has 6 heterocycles. The normalized spacial score (nSPS) is 9.71.